The molecule has 12 rings (SSSR count). The molecular weight excluding hydrogens is 1830 g/mol. The summed E-state index contributed by atoms with van der Waals surface area (Å²) in [4.78, 5) is 135. The number of anilines is 2. The number of benzene rings is 2. The number of thiazole rings is 2. The van der Waals surface area contributed by atoms with Crippen LogP contribution < -0.4 is 42.6 Å². The minimum Gasteiger partial charge on any atom is -0.490 e. The number of carboxylic acids is 1. The van der Waals surface area contributed by atoms with E-state index in [2.05, 4.69) is 85.2 Å². The number of carbonyl (C=O) groups is 8. The normalized spacial score (nSPS) is 15.2. The van der Waals surface area contributed by atoms with Crippen LogP contribution >= 0.6 is 22.7 Å². The number of aryl methyl sites for hydroxylation is 4. The number of aromatic nitrogens is 12. The number of rotatable bonds is 43. The van der Waals surface area contributed by atoms with Gasteiger partial charge in [0.2, 0.25) is 29.5 Å². The molecule has 2 aliphatic heterocycles. The number of likely N-dealkylation sites (tertiary alicyclic amines) is 2. The molecule has 2 aromatic carbocycles. The minimum absolute atomic E-state index is 0. The van der Waals surface area contributed by atoms with Gasteiger partial charge in [0.05, 0.1) is 70.0 Å². The number of nitrogens with one attached hydrogen (secondary N) is 3. The van der Waals surface area contributed by atoms with Crippen LogP contribution in [0.5, 0.6) is 11.5 Å². The average Bonchev–Trinajstić information content (AvgIpc) is 1.60. The summed E-state index contributed by atoms with van der Waals surface area (Å²) in [5, 5.41) is 73.8. The van der Waals surface area contributed by atoms with Gasteiger partial charge in [-0.25, -0.2) is 39.2 Å². The van der Waals surface area contributed by atoms with Gasteiger partial charge < -0.3 is 87.1 Å². The highest BCUT2D eigenvalue weighted by Gasteiger charge is 2.47. The van der Waals surface area contributed by atoms with E-state index >= 15 is 0 Å². The van der Waals surface area contributed by atoms with Crippen molar-refractivity contribution >= 4 is 103 Å². The third-order valence-electron chi connectivity index (χ3n) is 23.9. The lowest BCUT2D eigenvalue weighted by molar-refractivity contribution is -0.146. The Hall–Kier alpha value is -12.5. The van der Waals surface area contributed by atoms with Gasteiger partial charge in [-0.2, -0.15) is 0 Å². The second-order valence-corrected chi connectivity index (χ2v) is 40.0. The van der Waals surface area contributed by atoms with Crippen LogP contribution in [0.25, 0.3) is 66.0 Å². The number of fused-ring (bicyclic) bond motifs is 2. The van der Waals surface area contributed by atoms with Crippen molar-refractivity contribution in [2.45, 2.75) is 294 Å². The van der Waals surface area contributed by atoms with Crippen LogP contribution in [-0.2, 0) is 64.5 Å². The highest BCUT2D eigenvalue weighted by Crippen LogP contribution is 2.40. The highest BCUT2D eigenvalue weighted by atomic mass is 32.1. The van der Waals surface area contributed by atoms with Crippen molar-refractivity contribution in [3.63, 3.8) is 0 Å². The third-order valence-corrected chi connectivity index (χ3v) is 25.8. The Morgan fingerprint density at radius 2 is 0.921 bits per heavy atom. The van der Waals surface area contributed by atoms with Crippen LogP contribution in [-0.4, -0.2) is 217 Å². The number of aliphatic hydroxyl groups is 4. The zero-order valence-corrected chi connectivity index (χ0v) is 83.7. The van der Waals surface area contributed by atoms with E-state index in [1.165, 1.54) is 9.80 Å². The number of carbonyl (C=O) groups excluding carboxylic acids is 7. The average molecular weight is 1970 g/mol. The lowest BCUT2D eigenvalue weighted by atomic mass is 9.76. The number of carboxylic acid groups (broad SMARTS) is 1. The summed E-state index contributed by atoms with van der Waals surface area (Å²) in [6, 6.07) is 14.2. The first-order valence-electron chi connectivity index (χ1n) is 47.5. The number of amides is 5. The molecular formula is C101H138N20O17S2. The molecule has 0 aliphatic carbocycles. The number of unbranched alkanes of at least 4 members (excludes halogenated alkanes) is 8. The standard InChI is InChI=1S/C50H66N10O8S.C27H38N4O4S.C23H30N6O5.CH4/c1-8-59-43-39(28-53-37(21-22-50(6,7)66)41(43)56-46(59)42-45(51)58-68-57-42)67-24-13-11-9-10-12-16-40(63)52-23-14-15-34(61)25-36(49(3,4)5)48(65)60-29-35(62)26-38(60)47(64)54-27-32-17-19-33(20-18-32)44-31(2)55-30-69-44;1-17-24(36-16-30-17)19-9-7-18(8-10-19)14-29-25(34)23-13-21(33)15-31(23)26(35)22(27(2,3)4)12-20(32)6-5-11-28;1-4-29-20-16(33-13-9-7-5-6-8-10-17(30)31)14-25-15(11-12-23(2,3)32)18(20)26-22(29)19-21(24)28-34-27-19;/h17-20,28,30,35-36,38,62,66H,8-16,23-27,29H2,1-7H3,(H2,51,58)(H,52,63)(H,54,64);7-10,16,21-23,33H,5-6,11-15,28H2,1-4H3,(H,29,34);14,32H,4-10,13H2,1-3H3,(H2,24,28)(H,30,31);1H4/t35-,36-,38+;21-,22-,23+;;/m11../s1. The smallest absolute Gasteiger partial charge is 0.303 e. The lowest BCUT2D eigenvalue weighted by Crippen LogP contribution is -2.50. The van der Waals surface area contributed by atoms with Crippen LogP contribution in [0.3, 0.4) is 0 Å². The first-order valence-corrected chi connectivity index (χ1v) is 49.3. The van der Waals surface area contributed by atoms with Gasteiger partial charge in [-0.15, -0.1) is 22.7 Å². The number of ether oxygens (including phenoxy) is 2. The fourth-order valence-corrected chi connectivity index (χ4v) is 18.0. The van der Waals surface area contributed by atoms with Gasteiger partial charge >= 0.3 is 5.97 Å². The van der Waals surface area contributed by atoms with Crippen molar-refractivity contribution in [3.05, 3.63) is 106 Å². The molecule has 0 unspecified atom stereocenters. The van der Waals surface area contributed by atoms with E-state index in [1.807, 2.05) is 138 Å². The van der Waals surface area contributed by atoms with Crippen molar-refractivity contribution in [3.8, 4) is 79.1 Å². The summed E-state index contributed by atoms with van der Waals surface area (Å²) in [5.74, 6) is 10.1. The summed E-state index contributed by atoms with van der Waals surface area (Å²) in [5.41, 5.74) is 27.2. The molecule has 5 amide bonds. The quantitative estimate of drug-likeness (QED) is 0.0125. The van der Waals surface area contributed by atoms with Gasteiger partial charge in [0.15, 0.2) is 46.2 Å². The molecule has 14 N–H and O–H groups in total. The SMILES string of the molecule is C.CCn1c(-c2nonc2N)nc2c(C#CC(C)(C)O)ncc(OCCCCCCCC(=O)NCCCC(=O)C[C@H](C(=O)N3C[C@H](O)C[C@H]3C(=O)NCc3ccc(-c4scnc4C)cc3)C(C)(C)C)c21.CCn1c(-c2nonc2N)nc2c(C#CC(C)(C)O)ncc(OCCCCCCCC(=O)O)c21.Cc1ncsc1-c1ccc(CNC(=O)[C@@H]2C[C@@H](O)CN2C(=O)[C@@H](CC(=O)CCCN)C(C)(C)C)cc1. The van der Waals surface area contributed by atoms with E-state index in [-0.39, 0.29) is 124 Å². The number of imidazole rings is 2. The van der Waals surface area contributed by atoms with Gasteiger partial charge in [0.1, 0.15) is 68.3 Å². The maximum atomic E-state index is 14.1. The molecule has 2 aliphatic rings. The van der Waals surface area contributed by atoms with Crippen molar-refractivity contribution in [1.82, 2.24) is 85.4 Å². The number of nitrogens with two attached hydrogens (primary N) is 3. The maximum Gasteiger partial charge on any atom is 0.303 e. The van der Waals surface area contributed by atoms with Gasteiger partial charge in [0.25, 0.3) is 0 Å². The predicted molar refractivity (Wildman–Crippen MR) is 535 cm³/mol. The van der Waals surface area contributed by atoms with Gasteiger partial charge in [-0.3, -0.25) is 38.4 Å². The molecule has 2 saturated heterocycles. The number of ketones is 2. The van der Waals surface area contributed by atoms with Gasteiger partial charge in [0, 0.05) is 109 Å². The van der Waals surface area contributed by atoms with Crippen molar-refractivity contribution in [1.29, 1.82) is 0 Å². The van der Waals surface area contributed by atoms with Crippen LogP contribution in [0, 0.1) is 60.2 Å². The Morgan fingerprint density at radius 1 is 0.529 bits per heavy atom. The van der Waals surface area contributed by atoms with E-state index in [0.29, 0.717) is 140 Å². The van der Waals surface area contributed by atoms with Crippen molar-refractivity contribution in [2.75, 3.05) is 50.9 Å². The first-order chi connectivity index (χ1) is 66.1. The second-order valence-electron chi connectivity index (χ2n) is 38.3. The van der Waals surface area contributed by atoms with Crippen LogP contribution in [0.15, 0.2) is 81.2 Å². The highest BCUT2D eigenvalue weighted by molar-refractivity contribution is 7.13. The van der Waals surface area contributed by atoms with Crippen molar-refractivity contribution in [2.24, 2.45) is 28.4 Å². The minimum atomic E-state index is -1.23. The van der Waals surface area contributed by atoms with Crippen LogP contribution in [0.2, 0.25) is 0 Å². The molecule has 756 valence electrons. The summed E-state index contributed by atoms with van der Waals surface area (Å²) in [6.07, 6.45) is 12.6. The molecule has 10 heterocycles. The van der Waals surface area contributed by atoms with Gasteiger partial charge in [-0.05, 0) is 166 Å². The van der Waals surface area contributed by atoms with E-state index in [0.717, 1.165) is 101 Å². The molecule has 39 heteroatoms. The first kappa shape index (κ1) is 111. The number of aliphatic hydroxyl groups excluding tert-OH is 2. The number of aliphatic carboxylic acids is 1. The topological polar surface area (TPSA) is 542 Å². The van der Waals surface area contributed by atoms with Crippen LogP contribution in [0.4, 0.5) is 11.6 Å². The molecule has 140 heavy (non-hydrogen) atoms. The fraction of sp³-hybridized carbons (Fsp3) is 0.545. The lowest BCUT2D eigenvalue weighted by Gasteiger charge is -2.34. The molecule has 6 atom stereocenters. The Balaban J connectivity index is 0.000000259. The number of nitrogens with zero attached hydrogens (tertiary/aromatic N) is 14. The van der Waals surface area contributed by atoms with E-state index in [9.17, 15) is 58.8 Å². The Bertz CT molecular complexity index is 5970. The summed E-state index contributed by atoms with van der Waals surface area (Å²) in [6.45, 7) is 29.1. The Kier molecular flexibility index (Phi) is 41.0. The maximum absolute atomic E-state index is 14.1. The summed E-state index contributed by atoms with van der Waals surface area (Å²) in [7, 11) is 0. The number of hydrogen-bond donors (Lipinski definition) is 11. The summed E-state index contributed by atoms with van der Waals surface area (Å²) >= 11 is 3.16. The molecule has 0 saturated carbocycles. The monoisotopic (exact) mass is 1970 g/mol. The number of Topliss-reactive ketones (excluding diaryl/α,β-unsaturated/α-hetero) is 2. The largest absolute Gasteiger partial charge is 0.490 e. The van der Waals surface area contributed by atoms with E-state index < -0.39 is 64.1 Å². The Labute approximate surface area is 825 Å². The molecule has 37 nitrogen and oxygen atoms in total. The van der Waals surface area contributed by atoms with Crippen molar-refractivity contribution < 1.29 is 82.6 Å². The Morgan fingerprint density at radius 3 is 1.28 bits per heavy atom. The molecule has 0 radical (unpaired) electrons. The fourth-order valence-electron chi connectivity index (χ4n) is 16.3. The predicted octanol–water partition coefficient (Wildman–Crippen LogP) is 12.9. The zero-order chi connectivity index (χ0) is 101. The summed E-state index contributed by atoms with van der Waals surface area (Å²) < 4.78 is 25.7. The zero-order valence-electron chi connectivity index (χ0n) is 82.1. The van der Waals surface area contributed by atoms with E-state index in [1.54, 1.807) is 62.8 Å². The second kappa shape index (κ2) is 51.6. The molecule has 10 aromatic rings. The number of hydrogen-bond acceptors (Lipinski definition) is 31. The van der Waals surface area contributed by atoms with E-state index in [4.69, 9.17) is 46.0 Å². The molecule has 0 spiro atoms. The molecule has 8 aromatic heterocycles. The number of pyridine rings is 2. The van der Waals surface area contributed by atoms with Gasteiger partial charge in [-0.1, -0.05) is 148 Å². The molecule has 0 bridgehead atoms. The number of β-amino-alcohol motifs (C(OH)–C–C–N with tert-alkyl or cyclic N) is 2. The number of nitrogen functional groups attached to an aromatic ring is 2. The third kappa shape index (κ3) is 31.5. The van der Waals surface area contributed by atoms with Crippen LogP contribution in [0.1, 0.15) is 253 Å². The molecule has 2 fully saturated rings.